The number of likely N-dealkylation sites (tertiary alicyclic amines) is 1. The molecule has 0 aromatic heterocycles. The smallest absolute Gasteiger partial charge is 0.0751 e. The summed E-state index contributed by atoms with van der Waals surface area (Å²) in [6.07, 6.45) is 18.3. The summed E-state index contributed by atoms with van der Waals surface area (Å²) in [5, 5.41) is 11.4. The summed E-state index contributed by atoms with van der Waals surface area (Å²) in [4.78, 5) is 2.67. The van der Waals surface area contributed by atoms with Gasteiger partial charge >= 0.3 is 0 Å². The minimum atomic E-state index is -0.0941. The molecule has 3 saturated carbocycles. The van der Waals surface area contributed by atoms with Crippen LogP contribution in [0.25, 0.3) is 0 Å². The van der Waals surface area contributed by atoms with Gasteiger partial charge in [-0.05, 0) is 105 Å². The molecule has 4 fully saturated rings. The first-order valence-electron chi connectivity index (χ1n) is 11.6. The normalized spacial score (nSPS) is 54.4. The third-order valence-corrected chi connectivity index (χ3v) is 10.0. The molecule has 5 aliphatic rings. The van der Waals surface area contributed by atoms with E-state index in [4.69, 9.17) is 0 Å². The third kappa shape index (κ3) is 2.43. The highest BCUT2D eigenvalue weighted by molar-refractivity contribution is 5.14. The molecule has 8 atom stereocenters. The summed E-state index contributed by atoms with van der Waals surface area (Å²) in [6, 6.07) is 0.445. The summed E-state index contributed by atoms with van der Waals surface area (Å²) in [6.45, 7) is 7.53. The average Bonchev–Trinajstić information content (AvgIpc) is 2.93. The predicted molar refractivity (Wildman–Crippen MR) is 107 cm³/mol. The minimum absolute atomic E-state index is 0.0941. The fourth-order valence-corrected chi connectivity index (χ4v) is 8.42. The van der Waals surface area contributed by atoms with E-state index in [1.165, 1.54) is 77.3 Å². The quantitative estimate of drug-likeness (QED) is 0.666. The first-order chi connectivity index (χ1) is 12.5. The number of fused-ring (bicyclic) bond motifs is 5. The van der Waals surface area contributed by atoms with Crippen molar-refractivity contribution in [2.75, 3.05) is 13.1 Å². The van der Waals surface area contributed by atoms with E-state index in [9.17, 15) is 5.11 Å². The van der Waals surface area contributed by atoms with Gasteiger partial charge in [0.05, 0.1) is 6.10 Å². The van der Waals surface area contributed by atoms with E-state index in [0.717, 1.165) is 23.7 Å². The van der Waals surface area contributed by atoms with Crippen molar-refractivity contribution in [2.24, 2.45) is 34.5 Å². The van der Waals surface area contributed by atoms with Gasteiger partial charge in [-0.3, -0.25) is 4.90 Å². The monoisotopic (exact) mass is 357 g/mol. The van der Waals surface area contributed by atoms with Crippen LogP contribution in [-0.2, 0) is 0 Å². The van der Waals surface area contributed by atoms with E-state index in [1.807, 2.05) is 0 Å². The highest BCUT2D eigenvalue weighted by Gasteiger charge is 2.62. The van der Waals surface area contributed by atoms with Crippen molar-refractivity contribution in [3.05, 3.63) is 12.2 Å². The van der Waals surface area contributed by atoms with Crippen LogP contribution in [0.2, 0.25) is 0 Å². The van der Waals surface area contributed by atoms with E-state index in [0.29, 0.717) is 11.5 Å². The second-order valence-corrected chi connectivity index (χ2v) is 11.0. The Kier molecular flexibility index (Phi) is 4.33. The Bertz CT molecular complexity index is 567. The van der Waals surface area contributed by atoms with Gasteiger partial charge in [0.1, 0.15) is 0 Å². The maximum absolute atomic E-state index is 11.4. The van der Waals surface area contributed by atoms with Gasteiger partial charge in [-0.1, -0.05) is 32.4 Å². The molecule has 0 aromatic rings. The maximum atomic E-state index is 11.4. The average molecular weight is 358 g/mol. The maximum Gasteiger partial charge on any atom is 0.0751 e. The zero-order chi connectivity index (χ0) is 17.9. The Morgan fingerprint density at radius 2 is 1.73 bits per heavy atom. The van der Waals surface area contributed by atoms with Gasteiger partial charge < -0.3 is 5.11 Å². The van der Waals surface area contributed by atoms with Crippen LogP contribution in [-0.4, -0.2) is 35.2 Å². The van der Waals surface area contributed by atoms with E-state index in [1.54, 1.807) is 0 Å². The van der Waals surface area contributed by atoms with Crippen molar-refractivity contribution >= 4 is 0 Å². The molecule has 2 nitrogen and oxygen atoms in total. The molecule has 146 valence electrons. The summed E-state index contributed by atoms with van der Waals surface area (Å²) >= 11 is 0. The number of allylic oxidation sites excluding steroid dienone is 2. The molecule has 1 N–H and O–H groups in total. The van der Waals surface area contributed by atoms with Gasteiger partial charge in [-0.15, -0.1) is 0 Å². The predicted octanol–water partition coefficient (Wildman–Crippen LogP) is 5.02. The number of hydrogen-bond donors (Lipinski definition) is 1. The number of hydrogen-bond acceptors (Lipinski definition) is 2. The summed E-state index contributed by atoms with van der Waals surface area (Å²) in [5.41, 5.74) is 0.712. The SMILES string of the molecule is C[C@]12CC=CCC1CC[C@@H]1[C@H]2CC[C@]2(C)C(O)C(N3CCCCC3)C[C@@H]12. The van der Waals surface area contributed by atoms with Crippen LogP contribution < -0.4 is 0 Å². The lowest BCUT2D eigenvalue weighted by Crippen LogP contribution is -2.53. The molecule has 4 aliphatic carbocycles. The molecule has 2 heteroatoms. The van der Waals surface area contributed by atoms with Crippen LogP contribution in [0, 0.1) is 34.5 Å². The van der Waals surface area contributed by atoms with Crippen LogP contribution in [0.15, 0.2) is 12.2 Å². The van der Waals surface area contributed by atoms with Crippen molar-refractivity contribution in [3.8, 4) is 0 Å². The van der Waals surface area contributed by atoms with Crippen molar-refractivity contribution < 1.29 is 5.11 Å². The van der Waals surface area contributed by atoms with Gasteiger partial charge in [0.2, 0.25) is 0 Å². The lowest BCUT2D eigenvalue weighted by Gasteiger charge is -2.59. The Hall–Kier alpha value is -0.340. The summed E-state index contributed by atoms with van der Waals surface area (Å²) in [7, 11) is 0. The van der Waals surface area contributed by atoms with E-state index in [-0.39, 0.29) is 11.5 Å². The van der Waals surface area contributed by atoms with Crippen LogP contribution in [0.1, 0.15) is 78.1 Å². The molecule has 0 aromatic carbocycles. The Labute approximate surface area is 160 Å². The fourth-order valence-electron chi connectivity index (χ4n) is 8.42. The second kappa shape index (κ2) is 6.34. The molecule has 1 saturated heterocycles. The number of piperidine rings is 1. The summed E-state index contributed by atoms with van der Waals surface area (Å²) < 4.78 is 0. The Morgan fingerprint density at radius 3 is 2.54 bits per heavy atom. The van der Waals surface area contributed by atoms with Gasteiger partial charge in [0.15, 0.2) is 0 Å². The number of aliphatic hydroxyl groups excluding tert-OH is 1. The van der Waals surface area contributed by atoms with Gasteiger partial charge in [-0.2, -0.15) is 0 Å². The van der Waals surface area contributed by atoms with E-state index in [2.05, 4.69) is 30.9 Å². The summed E-state index contributed by atoms with van der Waals surface area (Å²) in [5.74, 6) is 3.44. The first kappa shape index (κ1) is 17.7. The zero-order valence-electron chi connectivity index (χ0n) is 17.0. The molecule has 0 radical (unpaired) electrons. The number of aliphatic hydroxyl groups is 1. The molecule has 0 spiro atoms. The second-order valence-electron chi connectivity index (χ2n) is 11.0. The van der Waals surface area contributed by atoms with Crippen molar-refractivity contribution in [2.45, 2.75) is 90.2 Å². The Morgan fingerprint density at radius 1 is 0.923 bits per heavy atom. The molecule has 0 amide bonds. The molecular weight excluding hydrogens is 318 g/mol. The lowest BCUT2D eigenvalue weighted by atomic mass is 9.46. The molecule has 5 rings (SSSR count). The van der Waals surface area contributed by atoms with Crippen LogP contribution in [0.3, 0.4) is 0 Å². The molecule has 1 aliphatic heterocycles. The molecule has 0 bridgehead atoms. The van der Waals surface area contributed by atoms with Crippen LogP contribution in [0.4, 0.5) is 0 Å². The standard InChI is InChI=1S/C24H39NO/c1-23-12-5-4-8-17(23)9-10-18-19(23)11-13-24(2)20(18)16-21(22(24)26)25-14-6-3-7-15-25/h4-5,17-22,26H,3,6-16H2,1-2H3/t17?,18-,19-,20+,21?,22?,23+,24+/m1/s1. The largest absolute Gasteiger partial charge is 0.391 e. The van der Waals surface area contributed by atoms with E-state index < -0.39 is 0 Å². The van der Waals surface area contributed by atoms with Gasteiger partial charge in [0, 0.05) is 6.04 Å². The highest BCUT2D eigenvalue weighted by Crippen LogP contribution is 2.66. The molecule has 3 unspecified atom stereocenters. The fraction of sp³-hybridized carbons (Fsp3) is 0.917. The van der Waals surface area contributed by atoms with E-state index >= 15 is 0 Å². The third-order valence-electron chi connectivity index (χ3n) is 10.0. The van der Waals surface area contributed by atoms with Crippen LogP contribution in [0.5, 0.6) is 0 Å². The topological polar surface area (TPSA) is 23.5 Å². The Balaban J connectivity index is 1.42. The molecule has 26 heavy (non-hydrogen) atoms. The molecule has 1 heterocycles. The van der Waals surface area contributed by atoms with Crippen molar-refractivity contribution in [1.82, 2.24) is 4.90 Å². The van der Waals surface area contributed by atoms with Gasteiger partial charge in [0.25, 0.3) is 0 Å². The minimum Gasteiger partial charge on any atom is -0.391 e. The number of nitrogens with zero attached hydrogens (tertiary/aromatic N) is 1. The van der Waals surface area contributed by atoms with Crippen molar-refractivity contribution in [1.29, 1.82) is 0 Å². The van der Waals surface area contributed by atoms with Crippen molar-refractivity contribution in [3.63, 3.8) is 0 Å². The van der Waals surface area contributed by atoms with Gasteiger partial charge in [-0.25, -0.2) is 0 Å². The first-order valence-corrected chi connectivity index (χ1v) is 11.6. The molecular formula is C24H39NO. The highest BCUT2D eigenvalue weighted by atomic mass is 16.3. The number of rotatable bonds is 1. The van der Waals surface area contributed by atoms with Crippen LogP contribution >= 0.6 is 0 Å². The lowest BCUT2D eigenvalue weighted by molar-refractivity contribution is -0.111. The zero-order valence-corrected chi connectivity index (χ0v) is 17.0.